The number of hydrogen-bond acceptors (Lipinski definition) is 2. The van der Waals surface area contributed by atoms with Crippen LogP contribution >= 0.6 is 0 Å². The largest absolute Gasteiger partial charge is 0.215 e. The van der Waals surface area contributed by atoms with Gasteiger partial charge >= 0.3 is 0 Å². The van der Waals surface area contributed by atoms with Crippen molar-refractivity contribution in [1.82, 2.24) is 4.31 Å². The van der Waals surface area contributed by atoms with Gasteiger partial charge in [0.1, 0.15) is 0 Å². The minimum absolute atomic E-state index is 0.600. The number of nitrogens with zero attached hydrogens (tertiary/aromatic N) is 1. The van der Waals surface area contributed by atoms with Crippen LogP contribution in [0, 0.1) is 0 Å². The van der Waals surface area contributed by atoms with Crippen LogP contribution in [0.5, 0.6) is 0 Å². The van der Waals surface area contributed by atoms with Gasteiger partial charge in [0, 0.05) is 13.1 Å². The summed E-state index contributed by atoms with van der Waals surface area (Å²) in [6.45, 7) is 5.25. The normalized spacial score (nSPS) is 11.3. The summed E-state index contributed by atoms with van der Waals surface area (Å²) in [4.78, 5) is 0. The Morgan fingerprint density at radius 1 is 1.18 bits per heavy atom. The van der Waals surface area contributed by atoms with Crippen LogP contribution in [-0.2, 0) is 10.9 Å². The first-order valence-electron chi connectivity index (χ1n) is 4.11. The van der Waals surface area contributed by atoms with Crippen molar-refractivity contribution < 1.29 is 8.42 Å². The van der Waals surface area contributed by atoms with Gasteiger partial charge in [-0.05, 0) is 6.42 Å². The Morgan fingerprint density at radius 3 is 2.18 bits per heavy atom. The predicted molar refractivity (Wildman–Crippen MR) is 47.1 cm³/mol. The van der Waals surface area contributed by atoms with Crippen LogP contribution < -0.4 is 0 Å². The van der Waals surface area contributed by atoms with Crippen LogP contribution in [0.4, 0.5) is 0 Å². The van der Waals surface area contributed by atoms with Gasteiger partial charge < -0.3 is 0 Å². The van der Waals surface area contributed by atoms with Gasteiger partial charge in [-0.1, -0.05) is 26.7 Å². The summed E-state index contributed by atoms with van der Waals surface area (Å²) in [7, 11) is -2.35. The SMILES string of the molecule is CCCCCN(CC)[SH](=O)=O. The van der Waals surface area contributed by atoms with Crippen LogP contribution in [0.2, 0.25) is 0 Å². The number of hydrogen-bond donors (Lipinski definition) is 1. The van der Waals surface area contributed by atoms with E-state index in [0.717, 1.165) is 19.3 Å². The molecule has 0 aliphatic heterocycles. The lowest BCUT2D eigenvalue weighted by Crippen LogP contribution is -2.22. The summed E-state index contributed by atoms with van der Waals surface area (Å²) >= 11 is 0. The fourth-order valence-corrected chi connectivity index (χ4v) is 1.44. The van der Waals surface area contributed by atoms with Crippen LogP contribution in [0.25, 0.3) is 0 Å². The molecule has 0 unspecified atom stereocenters. The Labute approximate surface area is 70.5 Å². The molecule has 0 atom stereocenters. The zero-order chi connectivity index (χ0) is 8.69. The lowest BCUT2D eigenvalue weighted by molar-refractivity contribution is 0.429. The molecule has 0 aliphatic rings. The summed E-state index contributed by atoms with van der Waals surface area (Å²) in [5, 5.41) is 0. The number of thiol groups is 1. The second kappa shape index (κ2) is 6.61. The molecular formula is C7H17NO2S. The highest BCUT2D eigenvalue weighted by Crippen LogP contribution is 1.97. The lowest BCUT2D eigenvalue weighted by Gasteiger charge is -2.10. The Hall–Kier alpha value is -0.0900. The Bertz CT molecular complexity index is 149. The molecule has 0 spiro atoms. The fraction of sp³-hybridized carbons (Fsp3) is 1.00. The van der Waals surface area contributed by atoms with Crippen molar-refractivity contribution in [3.05, 3.63) is 0 Å². The Morgan fingerprint density at radius 2 is 1.82 bits per heavy atom. The Balaban J connectivity index is 3.53. The highest BCUT2D eigenvalue weighted by atomic mass is 32.2. The van der Waals surface area contributed by atoms with Gasteiger partial charge in [0.25, 0.3) is 0 Å². The van der Waals surface area contributed by atoms with Crippen molar-refractivity contribution >= 4 is 10.9 Å². The average Bonchev–Trinajstić information content (AvgIpc) is 1.97. The van der Waals surface area contributed by atoms with Gasteiger partial charge in [-0.25, -0.2) is 12.7 Å². The maximum absolute atomic E-state index is 10.5. The maximum Gasteiger partial charge on any atom is 0.203 e. The molecule has 0 bridgehead atoms. The second-order valence-corrected chi connectivity index (χ2v) is 3.53. The van der Waals surface area contributed by atoms with Crippen molar-refractivity contribution in [3.8, 4) is 0 Å². The van der Waals surface area contributed by atoms with E-state index >= 15 is 0 Å². The summed E-state index contributed by atoms with van der Waals surface area (Å²) < 4.78 is 22.5. The Kier molecular flexibility index (Phi) is 6.56. The fourth-order valence-electron chi connectivity index (χ4n) is 0.900. The van der Waals surface area contributed by atoms with E-state index in [1.165, 1.54) is 4.31 Å². The first kappa shape index (κ1) is 10.9. The van der Waals surface area contributed by atoms with E-state index < -0.39 is 10.9 Å². The molecule has 0 fully saturated rings. The molecule has 0 N–H and O–H groups in total. The third-order valence-corrected chi connectivity index (χ3v) is 2.56. The van der Waals surface area contributed by atoms with Crippen LogP contribution in [0.1, 0.15) is 33.1 Å². The highest BCUT2D eigenvalue weighted by molar-refractivity contribution is 7.69. The first-order chi connectivity index (χ1) is 5.22. The van der Waals surface area contributed by atoms with Crippen LogP contribution in [-0.4, -0.2) is 25.8 Å². The molecule has 0 radical (unpaired) electrons. The number of unbranched alkanes of at least 4 members (excludes halogenated alkanes) is 2. The van der Waals surface area contributed by atoms with E-state index in [1.807, 2.05) is 6.92 Å². The quantitative estimate of drug-likeness (QED) is 0.488. The van der Waals surface area contributed by atoms with E-state index in [0.29, 0.717) is 13.1 Å². The molecule has 0 saturated carbocycles. The van der Waals surface area contributed by atoms with Crippen molar-refractivity contribution in [1.29, 1.82) is 0 Å². The van der Waals surface area contributed by atoms with Crippen molar-refractivity contribution in [2.24, 2.45) is 0 Å². The van der Waals surface area contributed by atoms with Gasteiger partial charge in [-0.2, -0.15) is 0 Å². The summed E-state index contributed by atoms with van der Waals surface area (Å²) in [5.74, 6) is 0. The summed E-state index contributed by atoms with van der Waals surface area (Å²) in [5.41, 5.74) is 0. The topological polar surface area (TPSA) is 37.4 Å². The third kappa shape index (κ3) is 5.21. The highest BCUT2D eigenvalue weighted by Gasteiger charge is 2.01. The van der Waals surface area contributed by atoms with Crippen LogP contribution in [0.3, 0.4) is 0 Å². The standard InChI is InChI=1S/C7H17NO2S/c1-3-5-6-7-8(4-2)11(9)10/h11H,3-7H2,1-2H3. The smallest absolute Gasteiger partial charge is 0.203 e. The molecule has 3 nitrogen and oxygen atoms in total. The zero-order valence-corrected chi connectivity index (χ0v) is 8.14. The van der Waals surface area contributed by atoms with Gasteiger partial charge in [0.2, 0.25) is 10.9 Å². The van der Waals surface area contributed by atoms with Crippen molar-refractivity contribution in [3.63, 3.8) is 0 Å². The molecule has 0 rings (SSSR count). The second-order valence-electron chi connectivity index (χ2n) is 2.49. The van der Waals surface area contributed by atoms with Crippen LogP contribution in [0.15, 0.2) is 0 Å². The van der Waals surface area contributed by atoms with E-state index in [9.17, 15) is 8.42 Å². The van der Waals surface area contributed by atoms with Crippen molar-refractivity contribution in [2.75, 3.05) is 13.1 Å². The van der Waals surface area contributed by atoms with Gasteiger partial charge in [0.15, 0.2) is 0 Å². The van der Waals surface area contributed by atoms with E-state index in [4.69, 9.17) is 0 Å². The molecule has 0 amide bonds. The molecule has 0 aromatic heterocycles. The first-order valence-corrected chi connectivity index (χ1v) is 5.24. The number of rotatable bonds is 6. The molecule has 0 aromatic carbocycles. The molecular weight excluding hydrogens is 162 g/mol. The third-order valence-electron chi connectivity index (χ3n) is 1.62. The maximum atomic E-state index is 10.5. The molecule has 11 heavy (non-hydrogen) atoms. The molecule has 4 heteroatoms. The minimum Gasteiger partial charge on any atom is -0.215 e. The molecule has 0 saturated heterocycles. The van der Waals surface area contributed by atoms with E-state index in [-0.39, 0.29) is 0 Å². The molecule has 0 aromatic rings. The minimum atomic E-state index is -2.35. The molecule has 0 aliphatic carbocycles. The monoisotopic (exact) mass is 179 g/mol. The summed E-state index contributed by atoms with van der Waals surface area (Å²) in [6.07, 6.45) is 3.22. The predicted octanol–water partition coefficient (Wildman–Crippen LogP) is 1.02. The summed E-state index contributed by atoms with van der Waals surface area (Å²) in [6, 6.07) is 0. The van der Waals surface area contributed by atoms with Gasteiger partial charge in [-0.3, -0.25) is 0 Å². The van der Waals surface area contributed by atoms with Crippen molar-refractivity contribution in [2.45, 2.75) is 33.1 Å². The van der Waals surface area contributed by atoms with E-state index in [2.05, 4.69) is 6.92 Å². The van der Waals surface area contributed by atoms with Gasteiger partial charge in [0.05, 0.1) is 0 Å². The molecule has 0 heterocycles. The lowest BCUT2D eigenvalue weighted by atomic mass is 10.2. The van der Waals surface area contributed by atoms with E-state index in [1.54, 1.807) is 0 Å². The average molecular weight is 179 g/mol. The van der Waals surface area contributed by atoms with Gasteiger partial charge in [-0.15, -0.1) is 0 Å². The zero-order valence-electron chi connectivity index (χ0n) is 7.25. The molecule has 68 valence electrons.